The number of rotatable bonds is 6. The molecule has 0 bridgehead atoms. The van der Waals surface area contributed by atoms with Crippen molar-refractivity contribution < 1.29 is 9.53 Å². The fraction of sp³-hybridized carbons (Fsp3) is 0.839. The average molecular weight is 455 g/mol. The van der Waals surface area contributed by atoms with Crippen molar-refractivity contribution in [2.75, 3.05) is 0 Å². The van der Waals surface area contributed by atoms with Crippen molar-refractivity contribution in [2.24, 2.45) is 52.3 Å². The fourth-order valence-corrected chi connectivity index (χ4v) is 9.15. The van der Waals surface area contributed by atoms with E-state index in [1.54, 1.807) is 12.5 Å². The standard InChI is InChI=1S/C31H50O2/c1-8-23(20(2)3)10-9-21(4)27-13-14-28-26-12-11-24-19-25(33-22(5)32)15-17-30(24,6)29(26)16-18-31(27,28)7/h9-11,20-21,23,25-29H,8,12-19H2,1-7H3/t21-,23-,25?,26+,27-,28+,29+,30+,31-/m1/s1. The largest absolute Gasteiger partial charge is 0.462 e. The van der Waals surface area contributed by atoms with Crippen LogP contribution in [0, 0.1) is 52.3 Å². The van der Waals surface area contributed by atoms with Gasteiger partial charge in [-0.05, 0) is 104 Å². The van der Waals surface area contributed by atoms with Gasteiger partial charge in [0.25, 0.3) is 0 Å². The minimum absolute atomic E-state index is 0.105. The predicted octanol–water partition coefficient (Wildman–Crippen LogP) is 8.37. The molecule has 4 aliphatic rings. The second-order valence-electron chi connectivity index (χ2n) is 13.0. The smallest absolute Gasteiger partial charge is 0.302 e. The molecule has 9 atom stereocenters. The maximum atomic E-state index is 11.5. The molecule has 0 aromatic carbocycles. The lowest BCUT2D eigenvalue weighted by molar-refractivity contribution is -0.148. The minimum Gasteiger partial charge on any atom is -0.462 e. The number of hydrogen-bond acceptors (Lipinski definition) is 2. The van der Waals surface area contributed by atoms with E-state index in [0.717, 1.165) is 48.3 Å². The quantitative estimate of drug-likeness (QED) is 0.297. The Hall–Kier alpha value is -1.05. The lowest BCUT2D eigenvalue weighted by Gasteiger charge is -2.58. The molecule has 0 amide bonds. The highest BCUT2D eigenvalue weighted by atomic mass is 16.5. The number of carbonyl (C=O) groups excluding carboxylic acids is 1. The normalized spacial score (nSPS) is 42.3. The zero-order valence-electron chi connectivity index (χ0n) is 22.5. The number of fused-ring (bicyclic) bond motifs is 5. The van der Waals surface area contributed by atoms with Gasteiger partial charge in [-0.3, -0.25) is 4.79 Å². The van der Waals surface area contributed by atoms with Gasteiger partial charge in [0.2, 0.25) is 0 Å². The van der Waals surface area contributed by atoms with E-state index in [2.05, 4.69) is 59.8 Å². The molecule has 4 rings (SSSR count). The maximum Gasteiger partial charge on any atom is 0.302 e. The molecule has 4 aliphatic carbocycles. The Morgan fingerprint density at radius 2 is 1.85 bits per heavy atom. The van der Waals surface area contributed by atoms with Crippen LogP contribution in [0.4, 0.5) is 0 Å². The first-order valence-corrected chi connectivity index (χ1v) is 14.1. The zero-order chi connectivity index (χ0) is 24.0. The van der Waals surface area contributed by atoms with E-state index in [0.29, 0.717) is 16.7 Å². The Balaban J connectivity index is 1.49. The fourth-order valence-electron chi connectivity index (χ4n) is 9.15. The summed E-state index contributed by atoms with van der Waals surface area (Å²) in [6.45, 7) is 16.3. The van der Waals surface area contributed by atoms with Crippen molar-refractivity contribution in [3.63, 3.8) is 0 Å². The Kier molecular flexibility index (Phi) is 7.24. The first-order chi connectivity index (χ1) is 15.6. The van der Waals surface area contributed by atoms with Gasteiger partial charge in [0.1, 0.15) is 6.10 Å². The highest BCUT2D eigenvalue weighted by Gasteiger charge is 2.59. The van der Waals surface area contributed by atoms with E-state index in [1.807, 2.05) is 0 Å². The second-order valence-corrected chi connectivity index (χ2v) is 13.0. The SMILES string of the molecule is CC[C@H](C=C[C@@H](C)[C@H]1CC[C@H]2[C@@H]3CC=C4CC(OC(C)=O)CC[C@]4(C)[C@H]3CC[C@]12C)C(C)C. The third kappa shape index (κ3) is 4.50. The van der Waals surface area contributed by atoms with Crippen LogP contribution in [0.15, 0.2) is 23.8 Å². The van der Waals surface area contributed by atoms with Gasteiger partial charge in [0.05, 0.1) is 0 Å². The average Bonchev–Trinajstić information content (AvgIpc) is 3.11. The van der Waals surface area contributed by atoms with Crippen LogP contribution in [0.25, 0.3) is 0 Å². The zero-order valence-corrected chi connectivity index (χ0v) is 22.5. The van der Waals surface area contributed by atoms with Crippen LogP contribution >= 0.6 is 0 Å². The number of allylic oxidation sites excluding steroid dienone is 3. The molecule has 33 heavy (non-hydrogen) atoms. The van der Waals surface area contributed by atoms with E-state index in [1.165, 1.54) is 44.9 Å². The number of esters is 1. The van der Waals surface area contributed by atoms with E-state index < -0.39 is 0 Å². The Labute approximate surface area is 204 Å². The Bertz CT molecular complexity index is 778. The van der Waals surface area contributed by atoms with Gasteiger partial charge in [-0.25, -0.2) is 0 Å². The van der Waals surface area contributed by atoms with Gasteiger partial charge in [-0.15, -0.1) is 0 Å². The molecule has 186 valence electrons. The molecule has 3 fully saturated rings. The maximum absolute atomic E-state index is 11.5. The Morgan fingerprint density at radius 3 is 2.52 bits per heavy atom. The highest BCUT2D eigenvalue weighted by molar-refractivity contribution is 5.66. The van der Waals surface area contributed by atoms with Crippen molar-refractivity contribution in [1.82, 2.24) is 0 Å². The van der Waals surface area contributed by atoms with Crippen molar-refractivity contribution >= 4 is 5.97 Å². The lowest BCUT2D eigenvalue weighted by Crippen LogP contribution is -2.51. The molecule has 1 unspecified atom stereocenters. The second kappa shape index (κ2) is 9.54. The van der Waals surface area contributed by atoms with Gasteiger partial charge in [0, 0.05) is 13.3 Å². The molecule has 0 heterocycles. The summed E-state index contributed by atoms with van der Waals surface area (Å²) in [4.78, 5) is 11.5. The number of hydrogen-bond donors (Lipinski definition) is 0. The van der Waals surface area contributed by atoms with E-state index in [-0.39, 0.29) is 12.1 Å². The van der Waals surface area contributed by atoms with Crippen LogP contribution in [0.3, 0.4) is 0 Å². The molecular weight excluding hydrogens is 404 g/mol. The van der Waals surface area contributed by atoms with Gasteiger partial charge in [-0.1, -0.05) is 65.3 Å². The topological polar surface area (TPSA) is 26.3 Å². The summed E-state index contributed by atoms with van der Waals surface area (Å²) < 4.78 is 5.62. The van der Waals surface area contributed by atoms with E-state index >= 15 is 0 Å². The molecule has 3 saturated carbocycles. The van der Waals surface area contributed by atoms with Crippen molar-refractivity contribution in [2.45, 2.75) is 112 Å². The van der Waals surface area contributed by atoms with Crippen LogP contribution in [0.5, 0.6) is 0 Å². The minimum atomic E-state index is -0.120. The van der Waals surface area contributed by atoms with Crippen molar-refractivity contribution in [3.05, 3.63) is 23.8 Å². The number of carbonyl (C=O) groups is 1. The van der Waals surface area contributed by atoms with Crippen LogP contribution < -0.4 is 0 Å². The number of ether oxygens (including phenoxy) is 1. The monoisotopic (exact) mass is 454 g/mol. The summed E-state index contributed by atoms with van der Waals surface area (Å²) in [7, 11) is 0. The summed E-state index contributed by atoms with van der Waals surface area (Å²) in [5.74, 6) is 5.41. The summed E-state index contributed by atoms with van der Waals surface area (Å²) in [5, 5.41) is 0. The molecule has 0 spiro atoms. The highest BCUT2D eigenvalue weighted by Crippen LogP contribution is 2.67. The summed E-state index contributed by atoms with van der Waals surface area (Å²) in [5.41, 5.74) is 2.44. The summed E-state index contributed by atoms with van der Waals surface area (Å²) >= 11 is 0. The molecule has 0 saturated heterocycles. The lowest BCUT2D eigenvalue weighted by atomic mass is 9.47. The van der Waals surface area contributed by atoms with Crippen molar-refractivity contribution in [3.8, 4) is 0 Å². The third-order valence-electron chi connectivity index (χ3n) is 11.1. The van der Waals surface area contributed by atoms with Crippen LogP contribution in [0.1, 0.15) is 106 Å². The molecular formula is C31H50O2. The van der Waals surface area contributed by atoms with Gasteiger partial charge < -0.3 is 4.74 Å². The molecule has 0 aliphatic heterocycles. The van der Waals surface area contributed by atoms with Gasteiger partial charge >= 0.3 is 5.97 Å². The predicted molar refractivity (Wildman–Crippen MR) is 138 cm³/mol. The summed E-state index contributed by atoms with van der Waals surface area (Å²) in [6.07, 6.45) is 19.2. The van der Waals surface area contributed by atoms with E-state index in [4.69, 9.17) is 4.74 Å². The molecule has 0 radical (unpaired) electrons. The summed E-state index contributed by atoms with van der Waals surface area (Å²) in [6, 6.07) is 0. The third-order valence-corrected chi connectivity index (χ3v) is 11.1. The first kappa shape index (κ1) is 25.1. The van der Waals surface area contributed by atoms with Crippen LogP contribution in [-0.4, -0.2) is 12.1 Å². The van der Waals surface area contributed by atoms with Gasteiger partial charge in [0.15, 0.2) is 0 Å². The Morgan fingerprint density at radius 1 is 1.09 bits per heavy atom. The van der Waals surface area contributed by atoms with Gasteiger partial charge in [-0.2, -0.15) is 0 Å². The first-order valence-electron chi connectivity index (χ1n) is 14.1. The molecule has 0 aromatic heterocycles. The van der Waals surface area contributed by atoms with Crippen molar-refractivity contribution in [1.29, 1.82) is 0 Å². The molecule has 0 N–H and O–H groups in total. The molecule has 2 heteroatoms. The van der Waals surface area contributed by atoms with Crippen LogP contribution in [-0.2, 0) is 9.53 Å². The van der Waals surface area contributed by atoms with Crippen LogP contribution in [0.2, 0.25) is 0 Å². The molecule has 0 aromatic rings. The molecule has 2 nitrogen and oxygen atoms in total. The van der Waals surface area contributed by atoms with E-state index in [9.17, 15) is 4.79 Å².